The van der Waals surface area contributed by atoms with Crippen molar-refractivity contribution in [3.63, 3.8) is 0 Å². The molecule has 0 saturated carbocycles. The van der Waals surface area contributed by atoms with Gasteiger partial charge in [-0.15, -0.1) is 0 Å². The molecule has 2 aromatic rings. The molecule has 2 nitrogen and oxygen atoms in total. The third kappa shape index (κ3) is 4.42. The van der Waals surface area contributed by atoms with Gasteiger partial charge in [-0.2, -0.15) is 26.3 Å². The summed E-state index contributed by atoms with van der Waals surface area (Å²) >= 11 is 2.83. The molecule has 1 radical (unpaired) electrons. The highest BCUT2D eigenvalue weighted by molar-refractivity contribution is 9.10. The van der Waals surface area contributed by atoms with Crippen molar-refractivity contribution in [3.05, 3.63) is 46.3 Å². The van der Waals surface area contributed by atoms with Gasteiger partial charge in [0.25, 0.3) is 6.10 Å². The summed E-state index contributed by atoms with van der Waals surface area (Å²) in [5.41, 5.74) is -0.542. The molecule has 0 amide bonds. The minimum Gasteiger partial charge on any atom is -0.454 e. The van der Waals surface area contributed by atoms with E-state index < -0.39 is 30.2 Å². The van der Waals surface area contributed by atoms with E-state index in [-0.39, 0.29) is 21.3 Å². The minimum absolute atomic E-state index is 0.0603. The van der Waals surface area contributed by atoms with Crippen LogP contribution >= 0.6 is 15.9 Å². The molecule has 0 atom stereocenters. The fraction of sp³-hybridized carbons (Fsp3) is 0.267. The average Bonchev–Trinajstić information content (AvgIpc) is 2.43. The van der Waals surface area contributed by atoms with E-state index in [1.54, 1.807) is 0 Å². The van der Waals surface area contributed by atoms with Crippen molar-refractivity contribution in [2.75, 3.05) is 0 Å². The zero-order valence-corrected chi connectivity index (χ0v) is 13.9. The maximum absolute atomic E-state index is 14.0. The lowest BCUT2D eigenvalue weighted by Crippen LogP contribution is -2.46. The Morgan fingerprint density at radius 2 is 1.64 bits per heavy atom. The monoisotopic (exact) mass is 430 g/mol. The third-order valence-corrected chi connectivity index (χ3v) is 3.42. The third-order valence-electron chi connectivity index (χ3n) is 3.05. The van der Waals surface area contributed by atoms with E-state index in [0.717, 1.165) is 6.07 Å². The van der Waals surface area contributed by atoms with Gasteiger partial charge in [0.2, 0.25) is 5.88 Å². The quantitative estimate of drug-likeness (QED) is 0.465. The van der Waals surface area contributed by atoms with E-state index in [1.165, 1.54) is 25.1 Å². The van der Waals surface area contributed by atoms with Crippen molar-refractivity contribution >= 4 is 15.9 Å². The largest absolute Gasteiger partial charge is 0.454 e. The highest BCUT2D eigenvalue weighted by Gasteiger charge is 2.59. The Kier molecular flexibility index (Phi) is 5.31. The molecule has 0 aliphatic heterocycles. The molecule has 0 unspecified atom stereocenters. The molecule has 0 aliphatic rings. The first-order valence-electron chi connectivity index (χ1n) is 6.55. The summed E-state index contributed by atoms with van der Waals surface area (Å²) in [5, 5.41) is 0. The van der Waals surface area contributed by atoms with E-state index in [1.807, 2.05) is 0 Å². The van der Waals surface area contributed by atoms with E-state index in [9.17, 15) is 30.7 Å². The Morgan fingerprint density at radius 3 is 2.16 bits per heavy atom. The van der Waals surface area contributed by atoms with E-state index in [2.05, 4.69) is 31.7 Å². The maximum Gasteiger partial charge on any atom is 0.434 e. The number of halogens is 8. The van der Waals surface area contributed by atoms with Crippen LogP contribution in [0.25, 0.3) is 11.1 Å². The normalized spacial score (nSPS) is 12.6. The van der Waals surface area contributed by atoms with Crippen molar-refractivity contribution < 1.29 is 35.5 Å². The maximum atomic E-state index is 14.0. The molecule has 1 aromatic heterocycles. The Morgan fingerprint density at radius 1 is 1.08 bits per heavy atom. The van der Waals surface area contributed by atoms with Gasteiger partial charge in [0.15, 0.2) is 0 Å². The van der Waals surface area contributed by atoms with E-state index >= 15 is 0 Å². The summed E-state index contributed by atoms with van der Waals surface area (Å²) in [5.74, 6) is -1.86. The summed E-state index contributed by atoms with van der Waals surface area (Å²) in [4.78, 5) is 3.49. The lowest BCUT2D eigenvalue weighted by atomic mass is 10.0. The fourth-order valence-electron chi connectivity index (χ4n) is 2.05. The van der Waals surface area contributed by atoms with Crippen molar-refractivity contribution in [3.8, 4) is 17.0 Å². The van der Waals surface area contributed by atoms with Crippen LogP contribution in [-0.4, -0.2) is 23.4 Å². The molecular formula is C15H8BrF7NO. The van der Waals surface area contributed by atoms with Gasteiger partial charge < -0.3 is 4.74 Å². The molecule has 0 saturated heterocycles. The second kappa shape index (κ2) is 6.81. The van der Waals surface area contributed by atoms with Crippen LogP contribution in [0.5, 0.6) is 5.88 Å². The predicted octanol–water partition coefficient (Wildman–Crippen LogP) is 5.63. The molecule has 135 valence electrons. The Balaban J connectivity index is 2.64. The number of benzene rings is 1. The number of hydrogen-bond donors (Lipinski definition) is 0. The standard InChI is InChI=1S/C15H8BrF7NO/c1-7-6-10(16)24-12(11(7)8-4-2-3-5-9(8)17)25-13(14(18,19)20)15(21,22)23/h2-5,13H,1H3. The van der Waals surface area contributed by atoms with Crippen molar-refractivity contribution in [1.29, 1.82) is 0 Å². The van der Waals surface area contributed by atoms with Crippen LogP contribution in [0.2, 0.25) is 0 Å². The van der Waals surface area contributed by atoms with Gasteiger partial charge in [0.05, 0.1) is 5.56 Å². The van der Waals surface area contributed by atoms with Crippen molar-refractivity contribution in [1.82, 2.24) is 4.98 Å². The molecule has 2 rings (SSSR count). The molecular weight excluding hydrogens is 423 g/mol. The number of ether oxygens (including phenoxy) is 1. The van der Waals surface area contributed by atoms with Crippen molar-refractivity contribution in [2.45, 2.75) is 25.4 Å². The lowest BCUT2D eigenvalue weighted by Gasteiger charge is -2.25. The highest BCUT2D eigenvalue weighted by Crippen LogP contribution is 2.40. The number of aromatic nitrogens is 1. The first-order valence-corrected chi connectivity index (χ1v) is 7.35. The van der Waals surface area contributed by atoms with E-state index in [4.69, 9.17) is 0 Å². The number of rotatable bonds is 3. The SMILES string of the molecule is Cc1[c]c(Br)nc(OC(C(F)(F)F)C(F)(F)F)c1-c1ccccc1F. The summed E-state index contributed by atoms with van der Waals surface area (Å²) in [6.45, 7) is 1.33. The van der Waals surface area contributed by atoms with Gasteiger partial charge in [-0.25, -0.2) is 9.37 Å². The van der Waals surface area contributed by atoms with Gasteiger partial charge in [-0.1, -0.05) is 18.2 Å². The second-order valence-electron chi connectivity index (χ2n) is 4.89. The first kappa shape index (κ1) is 19.5. The van der Waals surface area contributed by atoms with Crippen LogP contribution in [0.4, 0.5) is 30.7 Å². The fourth-order valence-corrected chi connectivity index (χ4v) is 2.51. The van der Waals surface area contributed by atoms with Crippen LogP contribution in [0.3, 0.4) is 0 Å². The molecule has 0 spiro atoms. The van der Waals surface area contributed by atoms with Crippen LogP contribution in [-0.2, 0) is 0 Å². The number of pyridine rings is 1. The number of alkyl halides is 6. The van der Waals surface area contributed by atoms with E-state index in [0.29, 0.717) is 0 Å². The molecule has 0 aliphatic carbocycles. The summed E-state index contributed by atoms with van der Waals surface area (Å²) < 4.78 is 94.5. The zero-order chi connectivity index (χ0) is 19.0. The van der Waals surface area contributed by atoms with Gasteiger partial charge in [-0.05, 0) is 34.5 Å². The lowest BCUT2D eigenvalue weighted by molar-refractivity contribution is -0.300. The molecule has 25 heavy (non-hydrogen) atoms. The Labute approximate surface area is 145 Å². The van der Waals surface area contributed by atoms with Gasteiger partial charge in [-0.3, -0.25) is 0 Å². The molecule has 0 fully saturated rings. The molecule has 10 heteroatoms. The zero-order valence-electron chi connectivity index (χ0n) is 12.3. The van der Waals surface area contributed by atoms with Crippen molar-refractivity contribution in [2.24, 2.45) is 0 Å². The molecule has 0 bridgehead atoms. The summed E-state index contributed by atoms with van der Waals surface area (Å²) in [7, 11) is 0. The number of hydrogen-bond acceptors (Lipinski definition) is 2. The summed E-state index contributed by atoms with van der Waals surface area (Å²) in [6, 6.07) is 7.43. The molecule has 0 N–H and O–H groups in total. The minimum atomic E-state index is -5.73. The number of nitrogens with zero attached hydrogens (tertiary/aromatic N) is 1. The van der Waals surface area contributed by atoms with Gasteiger partial charge in [0.1, 0.15) is 10.4 Å². The number of aryl methyl sites for hydroxylation is 1. The summed E-state index contributed by atoms with van der Waals surface area (Å²) in [6.07, 6.45) is -15.6. The molecule has 1 aromatic carbocycles. The van der Waals surface area contributed by atoms with Crippen LogP contribution < -0.4 is 4.74 Å². The Hall–Kier alpha value is -1.84. The van der Waals surface area contributed by atoms with Gasteiger partial charge >= 0.3 is 12.4 Å². The van der Waals surface area contributed by atoms with Crippen LogP contribution in [0, 0.1) is 18.8 Å². The van der Waals surface area contributed by atoms with Gasteiger partial charge in [0, 0.05) is 11.6 Å². The van der Waals surface area contributed by atoms with Crippen LogP contribution in [0.15, 0.2) is 28.9 Å². The predicted molar refractivity (Wildman–Crippen MR) is 77.4 cm³/mol. The topological polar surface area (TPSA) is 22.1 Å². The first-order chi connectivity index (χ1) is 11.4. The highest BCUT2D eigenvalue weighted by atomic mass is 79.9. The smallest absolute Gasteiger partial charge is 0.434 e. The molecule has 1 heterocycles. The average molecular weight is 431 g/mol. The Bertz CT molecular complexity index is 759. The second-order valence-corrected chi connectivity index (χ2v) is 5.64. The van der Waals surface area contributed by atoms with Crippen LogP contribution in [0.1, 0.15) is 5.56 Å².